The Hall–Kier alpha value is -1.32. The van der Waals surface area contributed by atoms with Gasteiger partial charge in [-0.2, -0.15) is 0 Å². The van der Waals surface area contributed by atoms with Gasteiger partial charge in [-0.3, -0.25) is 0 Å². The van der Waals surface area contributed by atoms with Crippen LogP contribution in [0.15, 0.2) is 12.4 Å². The van der Waals surface area contributed by atoms with Crippen LogP contribution in [0, 0.1) is 5.92 Å². The minimum Gasteiger partial charge on any atom is -0.481 e. The smallest absolute Gasteiger partial charge is 0.218 e. The molecular weight excluding hydrogens is 190 g/mol. The number of aromatic nitrogens is 2. The van der Waals surface area contributed by atoms with Crippen molar-refractivity contribution in [1.82, 2.24) is 9.97 Å². The average molecular weight is 209 g/mol. The quantitative estimate of drug-likeness (QED) is 0.808. The second-order valence-electron chi connectivity index (χ2n) is 4.12. The fourth-order valence-electron chi connectivity index (χ4n) is 1.55. The first kappa shape index (κ1) is 11.8. The first-order valence-electron chi connectivity index (χ1n) is 5.24. The van der Waals surface area contributed by atoms with Gasteiger partial charge in [0.15, 0.2) is 0 Å². The molecule has 0 spiro atoms. The Bertz CT molecular complexity index is 302. The highest BCUT2D eigenvalue weighted by Crippen LogP contribution is 2.13. The zero-order valence-corrected chi connectivity index (χ0v) is 9.82. The predicted molar refractivity (Wildman–Crippen MR) is 61.1 cm³/mol. The van der Waals surface area contributed by atoms with Crippen molar-refractivity contribution in [3.8, 4) is 5.88 Å². The van der Waals surface area contributed by atoms with Gasteiger partial charge in [0.05, 0.1) is 7.11 Å². The summed E-state index contributed by atoms with van der Waals surface area (Å²) >= 11 is 0. The highest BCUT2D eigenvalue weighted by Gasteiger charge is 2.06. The summed E-state index contributed by atoms with van der Waals surface area (Å²) < 4.78 is 5.03. The molecule has 0 amide bonds. The molecule has 1 N–H and O–H groups in total. The molecule has 1 aromatic rings. The molecular formula is C11H19N3O. The molecule has 1 aromatic heterocycles. The standard InChI is InChI=1S/C11H19N3O/c1-8(2)5-9(3)14-10-6-11(15-4)13-7-12-10/h6-9H,5H2,1-4H3,(H,12,13,14). The molecule has 0 aliphatic heterocycles. The van der Waals surface area contributed by atoms with Crippen molar-refractivity contribution in [3.05, 3.63) is 12.4 Å². The van der Waals surface area contributed by atoms with Crippen molar-refractivity contribution in [2.75, 3.05) is 12.4 Å². The molecule has 4 nitrogen and oxygen atoms in total. The van der Waals surface area contributed by atoms with Gasteiger partial charge in [0, 0.05) is 12.1 Å². The number of rotatable bonds is 5. The molecule has 15 heavy (non-hydrogen) atoms. The number of hydrogen-bond donors (Lipinski definition) is 1. The number of hydrogen-bond acceptors (Lipinski definition) is 4. The van der Waals surface area contributed by atoms with E-state index in [4.69, 9.17) is 4.74 Å². The van der Waals surface area contributed by atoms with Crippen molar-refractivity contribution in [2.45, 2.75) is 33.2 Å². The van der Waals surface area contributed by atoms with E-state index in [0.717, 1.165) is 12.2 Å². The highest BCUT2D eigenvalue weighted by atomic mass is 16.5. The van der Waals surface area contributed by atoms with E-state index >= 15 is 0 Å². The van der Waals surface area contributed by atoms with E-state index in [1.807, 2.05) is 0 Å². The maximum Gasteiger partial charge on any atom is 0.218 e. The van der Waals surface area contributed by atoms with Crippen LogP contribution in [0.25, 0.3) is 0 Å². The predicted octanol–water partition coefficient (Wildman–Crippen LogP) is 2.33. The fraction of sp³-hybridized carbons (Fsp3) is 0.636. The Kier molecular flexibility index (Phi) is 4.34. The summed E-state index contributed by atoms with van der Waals surface area (Å²) in [7, 11) is 1.60. The van der Waals surface area contributed by atoms with Gasteiger partial charge in [-0.1, -0.05) is 13.8 Å². The highest BCUT2D eigenvalue weighted by molar-refractivity contribution is 5.37. The summed E-state index contributed by atoms with van der Waals surface area (Å²) in [5.41, 5.74) is 0. The zero-order chi connectivity index (χ0) is 11.3. The molecule has 4 heteroatoms. The third-order valence-electron chi connectivity index (χ3n) is 2.07. The molecule has 0 aromatic carbocycles. The van der Waals surface area contributed by atoms with Gasteiger partial charge in [-0.05, 0) is 19.3 Å². The Morgan fingerprint density at radius 2 is 2.07 bits per heavy atom. The number of nitrogens with one attached hydrogen (secondary N) is 1. The van der Waals surface area contributed by atoms with Crippen LogP contribution in [0.2, 0.25) is 0 Å². The number of ether oxygens (including phenoxy) is 1. The van der Waals surface area contributed by atoms with E-state index in [1.54, 1.807) is 13.2 Å². The van der Waals surface area contributed by atoms with Crippen molar-refractivity contribution < 1.29 is 4.74 Å². The molecule has 84 valence electrons. The first-order chi connectivity index (χ1) is 7.11. The van der Waals surface area contributed by atoms with E-state index in [1.165, 1.54) is 6.33 Å². The molecule has 1 unspecified atom stereocenters. The Morgan fingerprint density at radius 3 is 2.67 bits per heavy atom. The van der Waals surface area contributed by atoms with Gasteiger partial charge in [0.25, 0.3) is 0 Å². The van der Waals surface area contributed by atoms with E-state index in [-0.39, 0.29) is 0 Å². The van der Waals surface area contributed by atoms with Crippen molar-refractivity contribution in [2.24, 2.45) is 5.92 Å². The SMILES string of the molecule is COc1cc(NC(C)CC(C)C)ncn1. The zero-order valence-electron chi connectivity index (χ0n) is 9.82. The largest absolute Gasteiger partial charge is 0.481 e. The minimum absolute atomic E-state index is 0.407. The van der Waals surface area contributed by atoms with Crippen molar-refractivity contribution in [3.63, 3.8) is 0 Å². The van der Waals surface area contributed by atoms with Crippen LogP contribution in [0.4, 0.5) is 5.82 Å². The van der Waals surface area contributed by atoms with Crippen LogP contribution < -0.4 is 10.1 Å². The van der Waals surface area contributed by atoms with Crippen LogP contribution in [0.3, 0.4) is 0 Å². The molecule has 0 aliphatic rings. The molecule has 0 fully saturated rings. The van der Waals surface area contributed by atoms with Gasteiger partial charge in [0.1, 0.15) is 12.1 Å². The second kappa shape index (κ2) is 5.53. The molecule has 1 rings (SSSR count). The van der Waals surface area contributed by atoms with Crippen LogP contribution in [0.5, 0.6) is 5.88 Å². The monoisotopic (exact) mass is 209 g/mol. The second-order valence-corrected chi connectivity index (χ2v) is 4.12. The lowest BCUT2D eigenvalue weighted by Crippen LogP contribution is -2.18. The lowest BCUT2D eigenvalue weighted by Gasteiger charge is -2.16. The maximum atomic E-state index is 5.03. The number of methoxy groups -OCH3 is 1. The lowest BCUT2D eigenvalue weighted by molar-refractivity contribution is 0.397. The summed E-state index contributed by atoms with van der Waals surface area (Å²) in [6, 6.07) is 2.21. The van der Waals surface area contributed by atoms with E-state index in [9.17, 15) is 0 Å². The summed E-state index contributed by atoms with van der Waals surface area (Å²) in [5.74, 6) is 2.08. The molecule has 1 heterocycles. The maximum absolute atomic E-state index is 5.03. The minimum atomic E-state index is 0.407. The molecule has 0 aliphatic carbocycles. The van der Waals surface area contributed by atoms with Gasteiger partial charge in [0.2, 0.25) is 5.88 Å². The van der Waals surface area contributed by atoms with E-state index in [2.05, 4.69) is 36.1 Å². The molecule has 1 atom stereocenters. The van der Waals surface area contributed by atoms with Crippen molar-refractivity contribution >= 4 is 5.82 Å². The topological polar surface area (TPSA) is 47.0 Å². The van der Waals surface area contributed by atoms with Crippen LogP contribution >= 0.6 is 0 Å². The Morgan fingerprint density at radius 1 is 1.33 bits per heavy atom. The third kappa shape index (κ3) is 4.14. The van der Waals surface area contributed by atoms with Gasteiger partial charge < -0.3 is 10.1 Å². The molecule has 0 radical (unpaired) electrons. The molecule has 0 bridgehead atoms. The summed E-state index contributed by atoms with van der Waals surface area (Å²) in [6.07, 6.45) is 2.62. The normalized spacial score (nSPS) is 12.6. The van der Waals surface area contributed by atoms with Gasteiger partial charge in [-0.15, -0.1) is 0 Å². The lowest BCUT2D eigenvalue weighted by atomic mass is 10.1. The van der Waals surface area contributed by atoms with Crippen LogP contribution in [-0.2, 0) is 0 Å². The Labute approximate surface area is 91.1 Å². The average Bonchev–Trinajstić information content (AvgIpc) is 2.16. The van der Waals surface area contributed by atoms with E-state index in [0.29, 0.717) is 17.8 Å². The first-order valence-corrected chi connectivity index (χ1v) is 5.24. The number of nitrogens with zero attached hydrogens (tertiary/aromatic N) is 2. The third-order valence-corrected chi connectivity index (χ3v) is 2.07. The summed E-state index contributed by atoms with van der Waals surface area (Å²) in [4.78, 5) is 8.09. The molecule has 0 saturated heterocycles. The molecule has 0 saturated carbocycles. The summed E-state index contributed by atoms with van der Waals surface area (Å²) in [5, 5.41) is 3.32. The van der Waals surface area contributed by atoms with Crippen LogP contribution in [0.1, 0.15) is 27.2 Å². The van der Waals surface area contributed by atoms with Crippen molar-refractivity contribution in [1.29, 1.82) is 0 Å². The van der Waals surface area contributed by atoms with Gasteiger partial charge in [-0.25, -0.2) is 9.97 Å². The van der Waals surface area contributed by atoms with E-state index < -0.39 is 0 Å². The summed E-state index contributed by atoms with van der Waals surface area (Å²) in [6.45, 7) is 6.56. The Balaban J connectivity index is 2.55. The van der Waals surface area contributed by atoms with Gasteiger partial charge >= 0.3 is 0 Å². The van der Waals surface area contributed by atoms with Crippen LogP contribution in [-0.4, -0.2) is 23.1 Å². The number of anilines is 1. The fourth-order valence-corrected chi connectivity index (χ4v) is 1.55.